The number of hydrogen-bond acceptors (Lipinski definition) is 2. The number of benzene rings is 1. The smallest absolute Gasteiger partial charge is 0.357 e. The third-order valence-corrected chi connectivity index (χ3v) is 2.46. The molecule has 0 atom stereocenters. The van der Waals surface area contributed by atoms with Crippen LogP contribution >= 0.6 is 0 Å². The molecule has 1 aromatic heterocycles. The van der Waals surface area contributed by atoms with Crippen molar-refractivity contribution in [2.45, 2.75) is 6.18 Å². The third kappa shape index (κ3) is 3.47. The highest BCUT2D eigenvalue weighted by Crippen LogP contribution is 2.28. The molecule has 20 heavy (non-hydrogen) atoms. The highest BCUT2D eigenvalue weighted by atomic mass is 19.4. The van der Waals surface area contributed by atoms with Crippen LogP contribution in [0.3, 0.4) is 0 Å². The maximum absolute atomic E-state index is 12.3. The highest BCUT2D eigenvalue weighted by Gasteiger charge is 2.29. The second-order valence-electron chi connectivity index (χ2n) is 3.90. The van der Waals surface area contributed by atoms with Gasteiger partial charge in [0.25, 0.3) is 5.91 Å². The average molecular weight is 281 g/mol. The third-order valence-electron chi connectivity index (χ3n) is 2.46. The number of amides is 1. The standard InChI is InChI=1S/C13H10F3N3O/c14-13(15,16)10-5-3-9(4-6-10)8-18-19-12(20)11-2-1-7-17-11/h1-8,17H,(H,19,20)/b18-8-. The summed E-state index contributed by atoms with van der Waals surface area (Å²) < 4.78 is 37.0. The van der Waals surface area contributed by atoms with Gasteiger partial charge in [-0.05, 0) is 29.8 Å². The van der Waals surface area contributed by atoms with Crippen LogP contribution in [0.15, 0.2) is 47.7 Å². The summed E-state index contributed by atoms with van der Waals surface area (Å²) >= 11 is 0. The lowest BCUT2D eigenvalue weighted by molar-refractivity contribution is -0.137. The fourth-order valence-electron chi connectivity index (χ4n) is 1.46. The van der Waals surface area contributed by atoms with Crippen LogP contribution in [-0.4, -0.2) is 17.1 Å². The molecule has 0 aliphatic rings. The molecule has 0 saturated carbocycles. The van der Waals surface area contributed by atoms with Gasteiger partial charge in [0, 0.05) is 6.20 Å². The molecular weight excluding hydrogens is 271 g/mol. The summed E-state index contributed by atoms with van der Waals surface area (Å²) in [5.74, 6) is -0.432. The van der Waals surface area contributed by atoms with Crippen molar-refractivity contribution in [3.05, 3.63) is 59.4 Å². The quantitative estimate of drug-likeness (QED) is 0.659. The first-order valence-electron chi connectivity index (χ1n) is 5.61. The Kier molecular flexibility index (Phi) is 3.88. The summed E-state index contributed by atoms with van der Waals surface area (Å²) in [5.41, 5.74) is 2.32. The van der Waals surface area contributed by atoms with Gasteiger partial charge in [0.1, 0.15) is 5.69 Å². The number of hydrazone groups is 1. The predicted molar refractivity (Wildman–Crippen MR) is 67.3 cm³/mol. The first-order chi connectivity index (χ1) is 9.47. The Morgan fingerprint density at radius 3 is 2.45 bits per heavy atom. The topological polar surface area (TPSA) is 57.2 Å². The molecule has 0 bridgehead atoms. The van der Waals surface area contributed by atoms with E-state index in [1.165, 1.54) is 18.3 Å². The van der Waals surface area contributed by atoms with E-state index in [2.05, 4.69) is 15.5 Å². The van der Waals surface area contributed by atoms with Gasteiger partial charge in [-0.15, -0.1) is 0 Å². The van der Waals surface area contributed by atoms with Gasteiger partial charge >= 0.3 is 6.18 Å². The van der Waals surface area contributed by atoms with E-state index in [-0.39, 0.29) is 0 Å². The van der Waals surface area contributed by atoms with E-state index in [9.17, 15) is 18.0 Å². The Labute approximate surface area is 112 Å². The maximum atomic E-state index is 12.3. The number of halogens is 3. The molecular formula is C13H10F3N3O. The average Bonchev–Trinajstić information content (AvgIpc) is 2.92. The first-order valence-corrected chi connectivity index (χ1v) is 5.61. The minimum atomic E-state index is -4.36. The fourth-order valence-corrected chi connectivity index (χ4v) is 1.46. The van der Waals surface area contributed by atoms with Gasteiger partial charge in [0.2, 0.25) is 0 Å². The Morgan fingerprint density at radius 1 is 1.20 bits per heavy atom. The fraction of sp³-hybridized carbons (Fsp3) is 0.0769. The summed E-state index contributed by atoms with van der Waals surface area (Å²) in [6.07, 6.45) is -1.51. The molecule has 0 unspecified atom stereocenters. The minimum absolute atomic E-state index is 0.342. The van der Waals surface area contributed by atoms with Gasteiger partial charge in [0.15, 0.2) is 0 Å². The number of nitrogens with zero attached hydrogens (tertiary/aromatic N) is 1. The highest BCUT2D eigenvalue weighted by molar-refractivity contribution is 5.93. The van der Waals surface area contributed by atoms with E-state index < -0.39 is 17.6 Å². The lowest BCUT2D eigenvalue weighted by atomic mass is 10.1. The van der Waals surface area contributed by atoms with Crippen LogP contribution in [0.2, 0.25) is 0 Å². The molecule has 7 heteroatoms. The second-order valence-corrected chi connectivity index (χ2v) is 3.90. The number of rotatable bonds is 3. The summed E-state index contributed by atoms with van der Waals surface area (Å²) in [6.45, 7) is 0. The van der Waals surface area contributed by atoms with Crippen molar-refractivity contribution in [1.29, 1.82) is 0 Å². The van der Waals surface area contributed by atoms with Gasteiger partial charge in [-0.2, -0.15) is 18.3 Å². The zero-order chi connectivity index (χ0) is 14.6. The molecule has 1 aromatic carbocycles. The van der Waals surface area contributed by atoms with Gasteiger partial charge < -0.3 is 4.98 Å². The molecule has 2 aromatic rings. The number of alkyl halides is 3. The lowest BCUT2D eigenvalue weighted by Gasteiger charge is -2.05. The van der Waals surface area contributed by atoms with Crippen molar-refractivity contribution in [2.75, 3.05) is 0 Å². The number of hydrogen-bond donors (Lipinski definition) is 2. The van der Waals surface area contributed by atoms with Crippen LogP contribution in [0, 0.1) is 0 Å². The van der Waals surface area contributed by atoms with Gasteiger partial charge in [-0.25, -0.2) is 5.43 Å². The molecule has 4 nitrogen and oxygen atoms in total. The minimum Gasteiger partial charge on any atom is -0.357 e. The van der Waals surface area contributed by atoms with Crippen molar-refractivity contribution in [1.82, 2.24) is 10.4 Å². The Balaban J connectivity index is 1.97. The maximum Gasteiger partial charge on any atom is 0.416 e. The lowest BCUT2D eigenvalue weighted by Crippen LogP contribution is -2.17. The molecule has 0 saturated heterocycles. The Bertz CT molecular complexity index is 601. The Morgan fingerprint density at radius 2 is 1.90 bits per heavy atom. The molecule has 2 N–H and O–H groups in total. The van der Waals surface area contributed by atoms with Crippen LogP contribution in [0.1, 0.15) is 21.6 Å². The second kappa shape index (κ2) is 5.60. The van der Waals surface area contributed by atoms with E-state index in [1.54, 1.807) is 18.3 Å². The zero-order valence-electron chi connectivity index (χ0n) is 10.1. The Hall–Kier alpha value is -2.57. The number of aromatic nitrogens is 1. The molecule has 0 aliphatic heterocycles. The number of carbonyl (C=O) groups excluding carboxylic acids is 1. The number of H-pyrrole nitrogens is 1. The van der Waals surface area contributed by atoms with Crippen LogP contribution < -0.4 is 5.43 Å². The van der Waals surface area contributed by atoms with Gasteiger partial charge in [0.05, 0.1) is 11.8 Å². The van der Waals surface area contributed by atoms with E-state index in [1.807, 2.05) is 0 Å². The van der Waals surface area contributed by atoms with E-state index in [4.69, 9.17) is 0 Å². The SMILES string of the molecule is O=C(N/N=C\c1ccc(C(F)(F)F)cc1)c1ccc[nH]1. The van der Waals surface area contributed by atoms with Gasteiger partial charge in [-0.1, -0.05) is 12.1 Å². The normalized spacial score (nSPS) is 11.8. The van der Waals surface area contributed by atoms with E-state index in [0.29, 0.717) is 11.3 Å². The van der Waals surface area contributed by atoms with Crippen molar-refractivity contribution < 1.29 is 18.0 Å². The number of carbonyl (C=O) groups is 1. The van der Waals surface area contributed by atoms with Crippen molar-refractivity contribution >= 4 is 12.1 Å². The van der Waals surface area contributed by atoms with Crippen molar-refractivity contribution in [2.24, 2.45) is 5.10 Å². The monoisotopic (exact) mass is 281 g/mol. The predicted octanol–water partition coefficient (Wildman–Crippen LogP) is 2.80. The molecule has 1 heterocycles. The molecule has 2 rings (SSSR count). The molecule has 104 valence electrons. The molecule has 0 spiro atoms. The first kappa shape index (κ1) is 13.9. The summed E-state index contributed by atoms with van der Waals surface area (Å²) in [6, 6.07) is 7.68. The van der Waals surface area contributed by atoms with E-state index >= 15 is 0 Å². The molecule has 1 amide bonds. The number of aromatic amines is 1. The van der Waals surface area contributed by atoms with Crippen LogP contribution in [-0.2, 0) is 6.18 Å². The number of nitrogens with one attached hydrogen (secondary N) is 2. The van der Waals surface area contributed by atoms with Crippen LogP contribution in [0.5, 0.6) is 0 Å². The molecule has 0 aliphatic carbocycles. The molecule has 0 radical (unpaired) electrons. The summed E-state index contributed by atoms with van der Waals surface area (Å²) in [7, 11) is 0. The van der Waals surface area contributed by atoms with Crippen molar-refractivity contribution in [3.63, 3.8) is 0 Å². The van der Waals surface area contributed by atoms with E-state index in [0.717, 1.165) is 12.1 Å². The zero-order valence-corrected chi connectivity index (χ0v) is 10.1. The van der Waals surface area contributed by atoms with Crippen LogP contribution in [0.4, 0.5) is 13.2 Å². The van der Waals surface area contributed by atoms with Crippen molar-refractivity contribution in [3.8, 4) is 0 Å². The summed E-state index contributed by atoms with van der Waals surface area (Å²) in [4.78, 5) is 14.2. The largest absolute Gasteiger partial charge is 0.416 e. The summed E-state index contributed by atoms with van der Waals surface area (Å²) in [5, 5.41) is 3.66. The molecule has 0 fully saturated rings. The van der Waals surface area contributed by atoms with Crippen LogP contribution in [0.25, 0.3) is 0 Å². The van der Waals surface area contributed by atoms with Gasteiger partial charge in [-0.3, -0.25) is 4.79 Å².